The average molecular weight is 244 g/mol. The van der Waals surface area contributed by atoms with Crippen molar-refractivity contribution < 1.29 is 0 Å². The lowest BCUT2D eigenvalue weighted by molar-refractivity contribution is 0.585. The van der Waals surface area contributed by atoms with Gasteiger partial charge < -0.3 is 5.32 Å². The largest absolute Gasteiger partial charge is 0.309 e. The SMILES string of the molecule is CCNC(C)c1csc(CSC(C)C)n1. The molecule has 0 spiro atoms. The number of hydrogen-bond donors (Lipinski definition) is 1. The highest BCUT2D eigenvalue weighted by atomic mass is 32.2. The monoisotopic (exact) mass is 244 g/mol. The third kappa shape index (κ3) is 4.53. The third-order valence-corrected chi connectivity index (χ3v) is 4.22. The molecule has 0 aliphatic carbocycles. The summed E-state index contributed by atoms with van der Waals surface area (Å²) in [5, 5.41) is 7.48. The van der Waals surface area contributed by atoms with E-state index in [1.807, 2.05) is 11.8 Å². The van der Waals surface area contributed by atoms with E-state index in [1.54, 1.807) is 11.3 Å². The predicted molar refractivity (Wildman–Crippen MR) is 70.6 cm³/mol. The van der Waals surface area contributed by atoms with Gasteiger partial charge in [-0.2, -0.15) is 11.8 Å². The Morgan fingerprint density at radius 1 is 1.47 bits per heavy atom. The minimum atomic E-state index is 0.379. The molecule has 0 amide bonds. The lowest BCUT2D eigenvalue weighted by Crippen LogP contribution is -2.17. The molecule has 0 radical (unpaired) electrons. The van der Waals surface area contributed by atoms with Crippen molar-refractivity contribution in [1.82, 2.24) is 10.3 Å². The highest BCUT2D eigenvalue weighted by Crippen LogP contribution is 2.22. The zero-order chi connectivity index (χ0) is 11.3. The van der Waals surface area contributed by atoms with Crippen molar-refractivity contribution in [2.75, 3.05) is 6.54 Å². The second kappa shape index (κ2) is 6.51. The lowest BCUT2D eigenvalue weighted by Gasteiger charge is -2.08. The smallest absolute Gasteiger partial charge is 0.103 e. The minimum absolute atomic E-state index is 0.379. The van der Waals surface area contributed by atoms with Gasteiger partial charge in [-0.25, -0.2) is 4.98 Å². The Bertz CT molecular complexity index is 284. The molecule has 0 aromatic carbocycles. The average Bonchev–Trinajstić information content (AvgIpc) is 2.63. The summed E-state index contributed by atoms with van der Waals surface area (Å²) in [4.78, 5) is 4.64. The van der Waals surface area contributed by atoms with Crippen molar-refractivity contribution in [3.8, 4) is 0 Å². The number of rotatable bonds is 6. The first-order valence-corrected chi connectivity index (χ1v) is 7.35. The maximum atomic E-state index is 4.64. The molecule has 1 heterocycles. The zero-order valence-corrected chi connectivity index (χ0v) is 11.5. The summed E-state index contributed by atoms with van der Waals surface area (Å²) in [5.41, 5.74) is 1.18. The van der Waals surface area contributed by atoms with Gasteiger partial charge in [0.05, 0.1) is 5.69 Å². The predicted octanol–water partition coefficient (Wildman–Crippen LogP) is 3.46. The van der Waals surface area contributed by atoms with Gasteiger partial charge in [-0.1, -0.05) is 20.8 Å². The molecule has 15 heavy (non-hydrogen) atoms. The van der Waals surface area contributed by atoms with Crippen LogP contribution in [0.3, 0.4) is 0 Å². The summed E-state index contributed by atoms with van der Waals surface area (Å²) >= 11 is 3.72. The van der Waals surface area contributed by atoms with E-state index in [4.69, 9.17) is 0 Å². The Balaban J connectivity index is 2.48. The van der Waals surface area contributed by atoms with E-state index < -0.39 is 0 Å². The van der Waals surface area contributed by atoms with E-state index in [9.17, 15) is 0 Å². The van der Waals surface area contributed by atoms with Gasteiger partial charge in [-0.05, 0) is 18.7 Å². The van der Waals surface area contributed by atoms with Crippen LogP contribution in [0.5, 0.6) is 0 Å². The maximum Gasteiger partial charge on any atom is 0.103 e. The van der Waals surface area contributed by atoms with Crippen molar-refractivity contribution >= 4 is 23.1 Å². The van der Waals surface area contributed by atoms with Crippen molar-refractivity contribution in [2.45, 2.75) is 44.7 Å². The Hall–Kier alpha value is -0.0600. The summed E-state index contributed by atoms with van der Waals surface area (Å²) in [7, 11) is 0. The molecular formula is C11H20N2S2. The summed E-state index contributed by atoms with van der Waals surface area (Å²) in [6, 6.07) is 0.379. The lowest BCUT2D eigenvalue weighted by atomic mass is 10.2. The number of thioether (sulfide) groups is 1. The van der Waals surface area contributed by atoms with Crippen molar-refractivity contribution in [3.63, 3.8) is 0 Å². The fraction of sp³-hybridized carbons (Fsp3) is 0.727. The van der Waals surface area contributed by atoms with Crippen LogP contribution in [-0.4, -0.2) is 16.8 Å². The Morgan fingerprint density at radius 2 is 2.20 bits per heavy atom. The van der Waals surface area contributed by atoms with Gasteiger partial charge in [-0.15, -0.1) is 11.3 Å². The van der Waals surface area contributed by atoms with Crippen molar-refractivity contribution in [3.05, 3.63) is 16.1 Å². The molecule has 0 aliphatic rings. The molecule has 1 atom stereocenters. The van der Waals surface area contributed by atoms with Crippen LogP contribution in [0.2, 0.25) is 0 Å². The molecule has 0 aliphatic heterocycles. The van der Waals surface area contributed by atoms with Gasteiger partial charge in [0.25, 0.3) is 0 Å². The van der Waals surface area contributed by atoms with E-state index in [0.717, 1.165) is 12.3 Å². The highest BCUT2D eigenvalue weighted by molar-refractivity contribution is 7.99. The fourth-order valence-corrected chi connectivity index (χ4v) is 2.93. The molecule has 0 bridgehead atoms. The summed E-state index contributed by atoms with van der Waals surface area (Å²) in [6.45, 7) is 9.73. The van der Waals surface area contributed by atoms with E-state index >= 15 is 0 Å². The van der Waals surface area contributed by atoms with Crippen molar-refractivity contribution in [2.24, 2.45) is 0 Å². The fourth-order valence-electron chi connectivity index (χ4n) is 1.24. The second-order valence-corrected chi connectivity index (χ2v) is 6.31. The number of hydrogen-bond acceptors (Lipinski definition) is 4. The van der Waals surface area contributed by atoms with Gasteiger partial charge in [0, 0.05) is 17.2 Å². The molecule has 0 fully saturated rings. The van der Waals surface area contributed by atoms with Crippen LogP contribution >= 0.6 is 23.1 Å². The third-order valence-electron chi connectivity index (χ3n) is 2.06. The normalized spacial score (nSPS) is 13.4. The highest BCUT2D eigenvalue weighted by Gasteiger charge is 2.08. The van der Waals surface area contributed by atoms with Crippen LogP contribution in [0.25, 0.3) is 0 Å². The molecule has 1 aromatic rings. The molecule has 1 aromatic heterocycles. The Labute approximate surface area is 101 Å². The zero-order valence-electron chi connectivity index (χ0n) is 9.91. The van der Waals surface area contributed by atoms with Crippen LogP contribution in [0.15, 0.2) is 5.38 Å². The van der Waals surface area contributed by atoms with Crippen LogP contribution < -0.4 is 5.32 Å². The first-order valence-electron chi connectivity index (χ1n) is 5.42. The number of thiazole rings is 1. The first kappa shape index (κ1) is 13.0. The quantitative estimate of drug-likeness (QED) is 0.829. The number of nitrogens with zero attached hydrogens (tertiary/aromatic N) is 1. The number of nitrogens with one attached hydrogen (secondary N) is 1. The van der Waals surface area contributed by atoms with E-state index in [1.165, 1.54) is 10.7 Å². The molecule has 0 saturated carbocycles. The molecule has 1 rings (SSSR count). The van der Waals surface area contributed by atoms with E-state index in [2.05, 4.69) is 43.4 Å². The molecule has 2 nitrogen and oxygen atoms in total. The van der Waals surface area contributed by atoms with E-state index in [-0.39, 0.29) is 0 Å². The molecule has 0 saturated heterocycles. The summed E-state index contributed by atoms with van der Waals surface area (Å²) in [5.74, 6) is 1.04. The second-order valence-electron chi connectivity index (χ2n) is 3.81. The molecule has 4 heteroatoms. The minimum Gasteiger partial charge on any atom is -0.309 e. The number of aromatic nitrogens is 1. The molecule has 86 valence electrons. The standard InChI is InChI=1S/C11H20N2S2/c1-5-12-9(4)10-6-15-11(13-10)7-14-8(2)3/h6,8-9,12H,5,7H2,1-4H3. The van der Waals surface area contributed by atoms with Gasteiger partial charge >= 0.3 is 0 Å². The van der Waals surface area contributed by atoms with Crippen LogP contribution in [0, 0.1) is 0 Å². The first-order chi connectivity index (χ1) is 7.13. The van der Waals surface area contributed by atoms with Gasteiger partial charge in [0.15, 0.2) is 0 Å². The van der Waals surface area contributed by atoms with Crippen LogP contribution in [0.4, 0.5) is 0 Å². The van der Waals surface area contributed by atoms with E-state index in [0.29, 0.717) is 11.3 Å². The van der Waals surface area contributed by atoms with Gasteiger partial charge in [0.1, 0.15) is 5.01 Å². The molecular weight excluding hydrogens is 224 g/mol. The van der Waals surface area contributed by atoms with Crippen molar-refractivity contribution in [1.29, 1.82) is 0 Å². The van der Waals surface area contributed by atoms with Gasteiger partial charge in [-0.3, -0.25) is 0 Å². The molecule has 1 unspecified atom stereocenters. The van der Waals surface area contributed by atoms with Gasteiger partial charge in [0.2, 0.25) is 0 Å². The van der Waals surface area contributed by atoms with Crippen LogP contribution in [0.1, 0.15) is 44.4 Å². The summed E-state index contributed by atoms with van der Waals surface area (Å²) < 4.78 is 0. The maximum absolute atomic E-state index is 4.64. The summed E-state index contributed by atoms with van der Waals surface area (Å²) in [6.07, 6.45) is 0. The van der Waals surface area contributed by atoms with Crippen LogP contribution in [-0.2, 0) is 5.75 Å². The molecule has 1 N–H and O–H groups in total. The Morgan fingerprint density at radius 3 is 2.80 bits per heavy atom. The topological polar surface area (TPSA) is 24.9 Å². The Kier molecular flexibility index (Phi) is 5.64.